The Balaban J connectivity index is 2.06. The summed E-state index contributed by atoms with van der Waals surface area (Å²) in [5, 5.41) is 2.21. The molecule has 1 amide bonds. The second-order valence-corrected chi connectivity index (χ2v) is 4.89. The molecule has 0 aliphatic carbocycles. The third kappa shape index (κ3) is 3.55. The minimum atomic E-state index is -1.61. The number of rotatable bonds is 4. The molecule has 0 aliphatic heterocycles. The van der Waals surface area contributed by atoms with Crippen LogP contribution < -0.4 is 14.8 Å². The molecule has 2 rings (SSSR count). The lowest BCUT2D eigenvalue weighted by atomic mass is 10.2. The number of carbonyl (C=O) groups is 1. The van der Waals surface area contributed by atoms with Gasteiger partial charge in [0.2, 0.25) is 6.54 Å². The molecular formula is C15H15F3N3O+. The maximum Gasteiger partial charge on any atom is 0.290 e. The summed E-state index contributed by atoms with van der Waals surface area (Å²) in [6.07, 6.45) is 3.38. The van der Waals surface area contributed by atoms with E-state index in [9.17, 15) is 18.0 Å². The number of hydrogen-bond donors (Lipinski definition) is 1. The fraction of sp³-hybridized carbons (Fsp3) is 0.200. The predicted molar refractivity (Wildman–Crippen MR) is 75.9 cm³/mol. The van der Waals surface area contributed by atoms with Crippen molar-refractivity contribution in [3.63, 3.8) is 0 Å². The van der Waals surface area contributed by atoms with Crippen molar-refractivity contribution in [2.45, 2.75) is 6.54 Å². The van der Waals surface area contributed by atoms with Gasteiger partial charge in [0.05, 0.1) is 5.69 Å². The molecule has 116 valence electrons. The summed E-state index contributed by atoms with van der Waals surface area (Å²) in [5.74, 6) is -4.88. The van der Waals surface area contributed by atoms with Crippen molar-refractivity contribution in [1.29, 1.82) is 0 Å². The third-order valence-electron chi connectivity index (χ3n) is 3.03. The zero-order valence-corrected chi connectivity index (χ0v) is 12.1. The van der Waals surface area contributed by atoms with Crippen LogP contribution in [0.3, 0.4) is 0 Å². The van der Waals surface area contributed by atoms with Gasteiger partial charge in [-0.25, -0.2) is 13.2 Å². The van der Waals surface area contributed by atoms with E-state index in [0.717, 1.165) is 17.8 Å². The topological polar surface area (TPSA) is 36.2 Å². The minimum Gasteiger partial charge on any atom is -0.377 e. The monoisotopic (exact) mass is 310 g/mol. The molecule has 7 heteroatoms. The molecule has 0 fully saturated rings. The number of amides is 1. The quantitative estimate of drug-likeness (QED) is 0.693. The number of halogens is 3. The highest BCUT2D eigenvalue weighted by Gasteiger charge is 2.17. The van der Waals surface area contributed by atoms with Gasteiger partial charge in [-0.3, -0.25) is 4.79 Å². The summed E-state index contributed by atoms with van der Waals surface area (Å²) in [6.45, 7) is -0.0772. The minimum absolute atomic E-state index is 0.0772. The molecule has 1 aromatic heterocycles. The van der Waals surface area contributed by atoms with Crippen LogP contribution in [-0.4, -0.2) is 20.0 Å². The van der Waals surface area contributed by atoms with Crippen LogP contribution in [0.25, 0.3) is 0 Å². The first-order chi connectivity index (χ1) is 10.4. The summed E-state index contributed by atoms with van der Waals surface area (Å²) in [4.78, 5) is 13.7. The second-order valence-electron chi connectivity index (χ2n) is 4.89. The molecule has 22 heavy (non-hydrogen) atoms. The Morgan fingerprint density at radius 3 is 2.32 bits per heavy atom. The smallest absolute Gasteiger partial charge is 0.290 e. The van der Waals surface area contributed by atoms with Crippen LogP contribution in [0.2, 0.25) is 0 Å². The van der Waals surface area contributed by atoms with Crippen LogP contribution in [0.1, 0.15) is 0 Å². The molecular weight excluding hydrogens is 295 g/mol. The van der Waals surface area contributed by atoms with Crippen molar-refractivity contribution < 1.29 is 22.5 Å². The van der Waals surface area contributed by atoms with Gasteiger partial charge in [-0.2, -0.15) is 4.57 Å². The summed E-state index contributed by atoms with van der Waals surface area (Å²) in [6, 6.07) is 5.36. The molecule has 0 aliphatic rings. The molecule has 2 aromatic rings. The van der Waals surface area contributed by atoms with E-state index in [1.54, 1.807) is 17.0 Å². The SMILES string of the molecule is CN(C)c1cc[n+](CC(=O)Nc2ccc(F)c(F)c2F)cc1. The van der Waals surface area contributed by atoms with E-state index >= 15 is 0 Å². The van der Waals surface area contributed by atoms with Crippen LogP contribution in [0.15, 0.2) is 36.7 Å². The van der Waals surface area contributed by atoms with Crippen LogP contribution >= 0.6 is 0 Å². The predicted octanol–water partition coefficient (Wildman–Crippen LogP) is 2.10. The Bertz CT molecular complexity index is 687. The lowest BCUT2D eigenvalue weighted by Crippen LogP contribution is -2.39. The fourth-order valence-electron chi connectivity index (χ4n) is 1.83. The van der Waals surface area contributed by atoms with Crippen LogP contribution in [0, 0.1) is 17.5 Å². The van der Waals surface area contributed by atoms with Crippen molar-refractivity contribution in [1.82, 2.24) is 0 Å². The highest BCUT2D eigenvalue weighted by Crippen LogP contribution is 2.19. The van der Waals surface area contributed by atoms with Gasteiger partial charge < -0.3 is 10.2 Å². The van der Waals surface area contributed by atoms with E-state index in [-0.39, 0.29) is 6.54 Å². The Kier molecular flexibility index (Phi) is 4.65. The number of benzene rings is 1. The van der Waals surface area contributed by atoms with Crippen LogP contribution in [0.4, 0.5) is 24.5 Å². The number of pyridine rings is 1. The van der Waals surface area contributed by atoms with E-state index < -0.39 is 29.0 Å². The maximum atomic E-state index is 13.5. The zero-order valence-electron chi connectivity index (χ0n) is 12.1. The molecule has 0 spiro atoms. The third-order valence-corrected chi connectivity index (χ3v) is 3.03. The molecule has 0 atom stereocenters. The lowest BCUT2D eigenvalue weighted by molar-refractivity contribution is -0.684. The van der Waals surface area contributed by atoms with Gasteiger partial charge in [0.25, 0.3) is 5.91 Å². The standard InChI is InChI=1S/C15H14F3N3O/c1-20(2)10-5-7-21(8-6-10)9-13(22)19-12-4-3-11(16)14(17)15(12)18/h3-8H,9H2,1-2H3/p+1. The molecule has 1 aromatic carbocycles. The molecule has 0 saturated carbocycles. The Labute approximate surface area is 125 Å². The Morgan fingerprint density at radius 1 is 1.09 bits per heavy atom. The van der Waals surface area contributed by atoms with E-state index in [1.165, 1.54) is 0 Å². The highest BCUT2D eigenvalue weighted by molar-refractivity contribution is 5.89. The summed E-state index contributed by atoms with van der Waals surface area (Å²) >= 11 is 0. The number of anilines is 2. The van der Waals surface area contributed by atoms with Gasteiger partial charge in [0, 0.05) is 31.9 Å². The van der Waals surface area contributed by atoms with E-state index in [4.69, 9.17) is 0 Å². The van der Waals surface area contributed by atoms with Gasteiger partial charge in [-0.05, 0) is 12.1 Å². The Morgan fingerprint density at radius 2 is 1.73 bits per heavy atom. The molecule has 1 N–H and O–H groups in total. The summed E-state index contributed by atoms with van der Waals surface area (Å²) in [7, 11) is 3.77. The number of aromatic nitrogens is 1. The molecule has 4 nitrogen and oxygen atoms in total. The van der Waals surface area contributed by atoms with Crippen molar-refractivity contribution >= 4 is 17.3 Å². The number of hydrogen-bond acceptors (Lipinski definition) is 2. The molecule has 0 radical (unpaired) electrons. The van der Waals surface area contributed by atoms with E-state index in [0.29, 0.717) is 0 Å². The van der Waals surface area contributed by atoms with E-state index in [2.05, 4.69) is 5.32 Å². The number of nitrogens with zero attached hydrogens (tertiary/aromatic N) is 2. The van der Waals surface area contributed by atoms with Crippen molar-refractivity contribution in [2.24, 2.45) is 0 Å². The number of carbonyl (C=O) groups excluding carboxylic acids is 1. The average Bonchev–Trinajstić information content (AvgIpc) is 2.48. The molecule has 0 unspecified atom stereocenters. The molecule has 0 saturated heterocycles. The average molecular weight is 310 g/mol. The van der Waals surface area contributed by atoms with Gasteiger partial charge in [0.15, 0.2) is 29.8 Å². The first-order valence-electron chi connectivity index (χ1n) is 6.48. The van der Waals surface area contributed by atoms with Crippen LogP contribution in [0.5, 0.6) is 0 Å². The second kappa shape index (κ2) is 6.46. The van der Waals surface area contributed by atoms with Gasteiger partial charge in [-0.1, -0.05) is 0 Å². The summed E-state index contributed by atoms with van der Waals surface area (Å²) in [5.41, 5.74) is 0.567. The molecule has 0 bridgehead atoms. The maximum absolute atomic E-state index is 13.5. The highest BCUT2D eigenvalue weighted by atomic mass is 19.2. The summed E-state index contributed by atoms with van der Waals surface area (Å²) < 4.78 is 40.9. The van der Waals surface area contributed by atoms with E-state index in [1.807, 2.05) is 31.1 Å². The first kappa shape index (κ1) is 15.8. The molecule has 1 heterocycles. The fourth-order valence-corrected chi connectivity index (χ4v) is 1.83. The van der Waals surface area contributed by atoms with Crippen molar-refractivity contribution in [3.8, 4) is 0 Å². The lowest BCUT2D eigenvalue weighted by Gasteiger charge is -2.10. The van der Waals surface area contributed by atoms with Crippen molar-refractivity contribution in [2.75, 3.05) is 24.3 Å². The normalized spacial score (nSPS) is 10.4. The largest absolute Gasteiger partial charge is 0.377 e. The van der Waals surface area contributed by atoms with Crippen molar-refractivity contribution in [3.05, 3.63) is 54.1 Å². The number of nitrogens with one attached hydrogen (secondary N) is 1. The Hall–Kier alpha value is -2.57. The van der Waals surface area contributed by atoms with Crippen LogP contribution in [-0.2, 0) is 11.3 Å². The van der Waals surface area contributed by atoms with Gasteiger partial charge in [0.1, 0.15) is 0 Å². The van der Waals surface area contributed by atoms with Gasteiger partial charge >= 0.3 is 0 Å². The van der Waals surface area contributed by atoms with Gasteiger partial charge in [-0.15, -0.1) is 0 Å². The zero-order chi connectivity index (χ0) is 16.3. The first-order valence-corrected chi connectivity index (χ1v) is 6.48.